The summed E-state index contributed by atoms with van der Waals surface area (Å²) in [5.74, 6) is 0.819. The molecule has 0 amide bonds. The summed E-state index contributed by atoms with van der Waals surface area (Å²) in [6.07, 6.45) is 9.34. The highest BCUT2D eigenvalue weighted by atomic mass is 19.1. The first-order valence-corrected chi connectivity index (χ1v) is 11.0. The summed E-state index contributed by atoms with van der Waals surface area (Å²) in [5.41, 5.74) is 5.67. The van der Waals surface area contributed by atoms with E-state index < -0.39 is 0 Å². The number of pyridine rings is 1. The molecule has 0 saturated heterocycles. The fourth-order valence-corrected chi connectivity index (χ4v) is 4.95. The van der Waals surface area contributed by atoms with Gasteiger partial charge in [0.2, 0.25) is 0 Å². The van der Waals surface area contributed by atoms with Gasteiger partial charge in [-0.25, -0.2) is 4.39 Å². The molecular formula is C26H24FN3O. The monoisotopic (exact) mass is 413 g/mol. The van der Waals surface area contributed by atoms with Gasteiger partial charge in [-0.2, -0.15) is 0 Å². The maximum absolute atomic E-state index is 13.7. The number of nitrogens with one attached hydrogen (secondary N) is 1. The molecule has 0 radical (unpaired) electrons. The van der Waals surface area contributed by atoms with Gasteiger partial charge < -0.3 is 9.72 Å². The second kappa shape index (κ2) is 7.50. The zero-order chi connectivity index (χ0) is 20.8. The Kier molecular flexibility index (Phi) is 4.50. The molecule has 0 aliphatic carbocycles. The number of fused-ring (bicyclic) bond motifs is 4. The summed E-state index contributed by atoms with van der Waals surface area (Å²) in [7, 11) is 0. The van der Waals surface area contributed by atoms with E-state index in [9.17, 15) is 4.39 Å². The summed E-state index contributed by atoms with van der Waals surface area (Å²) >= 11 is 0. The van der Waals surface area contributed by atoms with Crippen molar-refractivity contribution >= 4 is 27.4 Å². The van der Waals surface area contributed by atoms with Crippen molar-refractivity contribution in [3.63, 3.8) is 0 Å². The van der Waals surface area contributed by atoms with Crippen molar-refractivity contribution in [2.75, 3.05) is 19.6 Å². The lowest BCUT2D eigenvalue weighted by molar-refractivity contribution is 0.121. The second-order valence-corrected chi connectivity index (χ2v) is 8.53. The number of hydrogen-bond donors (Lipinski definition) is 1. The Morgan fingerprint density at radius 2 is 2.10 bits per heavy atom. The van der Waals surface area contributed by atoms with Crippen molar-refractivity contribution in [3.8, 4) is 5.75 Å². The Bertz CT molecular complexity index is 1310. The van der Waals surface area contributed by atoms with Crippen LogP contribution in [0.15, 0.2) is 60.9 Å². The van der Waals surface area contributed by atoms with Crippen molar-refractivity contribution in [2.24, 2.45) is 0 Å². The van der Waals surface area contributed by atoms with Gasteiger partial charge in [-0.1, -0.05) is 12.1 Å². The van der Waals surface area contributed by atoms with Gasteiger partial charge in [-0.3, -0.25) is 9.88 Å². The number of halogens is 1. The van der Waals surface area contributed by atoms with Crippen LogP contribution in [0.5, 0.6) is 5.75 Å². The fraction of sp³-hybridized carbons (Fsp3) is 0.269. The third kappa shape index (κ3) is 3.39. The third-order valence-corrected chi connectivity index (χ3v) is 6.58. The van der Waals surface area contributed by atoms with E-state index in [2.05, 4.69) is 39.1 Å². The first-order chi connectivity index (χ1) is 15.2. The molecule has 2 aliphatic rings. The first-order valence-electron chi connectivity index (χ1n) is 11.0. The minimum atomic E-state index is -0.191. The van der Waals surface area contributed by atoms with Crippen LogP contribution in [-0.2, 0) is 6.42 Å². The SMILES string of the molecule is Fc1ccc2[nH]cc(C3=CCN(CC4CCc5ccc6ncccc6c5O4)CC3)c2c1. The lowest BCUT2D eigenvalue weighted by Gasteiger charge is -2.33. The zero-order valence-corrected chi connectivity index (χ0v) is 17.3. The number of nitrogens with zero attached hydrogens (tertiary/aromatic N) is 2. The number of H-pyrrole nitrogens is 1. The highest BCUT2D eigenvalue weighted by molar-refractivity contribution is 5.93. The van der Waals surface area contributed by atoms with Crippen molar-refractivity contribution in [1.82, 2.24) is 14.9 Å². The number of benzene rings is 2. The van der Waals surface area contributed by atoms with E-state index in [1.54, 1.807) is 12.1 Å². The molecule has 2 aromatic carbocycles. The minimum Gasteiger partial charge on any atom is -0.488 e. The molecule has 4 aromatic rings. The Labute approximate surface area is 180 Å². The van der Waals surface area contributed by atoms with E-state index in [0.717, 1.165) is 72.0 Å². The summed E-state index contributed by atoms with van der Waals surface area (Å²) in [5, 5.41) is 2.07. The molecule has 0 saturated carbocycles. The van der Waals surface area contributed by atoms with Gasteiger partial charge in [-0.15, -0.1) is 0 Å². The van der Waals surface area contributed by atoms with Gasteiger partial charge in [0, 0.05) is 53.9 Å². The van der Waals surface area contributed by atoms with Crippen LogP contribution in [0.4, 0.5) is 4.39 Å². The Morgan fingerprint density at radius 3 is 3.00 bits per heavy atom. The zero-order valence-electron chi connectivity index (χ0n) is 17.3. The molecule has 4 nitrogen and oxygen atoms in total. The summed E-state index contributed by atoms with van der Waals surface area (Å²) in [6, 6.07) is 13.3. The number of ether oxygens (including phenoxy) is 1. The third-order valence-electron chi connectivity index (χ3n) is 6.58. The average Bonchev–Trinajstić information content (AvgIpc) is 3.22. The molecule has 2 aliphatic heterocycles. The number of aromatic amines is 1. The van der Waals surface area contributed by atoms with Crippen LogP contribution in [0.3, 0.4) is 0 Å². The molecule has 6 rings (SSSR count). The summed E-state index contributed by atoms with van der Waals surface area (Å²) < 4.78 is 20.2. The van der Waals surface area contributed by atoms with E-state index >= 15 is 0 Å². The van der Waals surface area contributed by atoms with E-state index in [0.29, 0.717) is 0 Å². The maximum atomic E-state index is 13.7. The van der Waals surface area contributed by atoms with Crippen molar-refractivity contribution in [3.05, 3.63) is 77.9 Å². The van der Waals surface area contributed by atoms with Crippen LogP contribution in [0.2, 0.25) is 0 Å². The van der Waals surface area contributed by atoms with Crippen LogP contribution in [0.1, 0.15) is 24.0 Å². The fourth-order valence-electron chi connectivity index (χ4n) is 4.95. The molecule has 156 valence electrons. The molecular weight excluding hydrogens is 389 g/mol. The van der Waals surface area contributed by atoms with E-state index in [1.165, 1.54) is 17.2 Å². The van der Waals surface area contributed by atoms with E-state index in [-0.39, 0.29) is 11.9 Å². The second-order valence-electron chi connectivity index (χ2n) is 8.53. The summed E-state index contributed by atoms with van der Waals surface area (Å²) in [4.78, 5) is 10.2. The van der Waals surface area contributed by atoms with E-state index in [4.69, 9.17) is 4.74 Å². The Balaban J connectivity index is 1.17. The molecule has 4 heterocycles. The van der Waals surface area contributed by atoms with Crippen LogP contribution >= 0.6 is 0 Å². The molecule has 0 fully saturated rings. The smallest absolute Gasteiger partial charge is 0.132 e. The molecule has 5 heteroatoms. The highest BCUT2D eigenvalue weighted by Gasteiger charge is 2.25. The predicted molar refractivity (Wildman–Crippen MR) is 122 cm³/mol. The number of hydrogen-bond acceptors (Lipinski definition) is 3. The quantitative estimate of drug-likeness (QED) is 0.493. The van der Waals surface area contributed by atoms with Crippen LogP contribution in [0.25, 0.3) is 27.4 Å². The van der Waals surface area contributed by atoms with Gasteiger partial charge in [0.25, 0.3) is 0 Å². The average molecular weight is 413 g/mol. The van der Waals surface area contributed by atoms with E-state index in [1.807, 2.05) is 18.5 Å². The van der Waals surface area contributed by atoms with Crippen molar-refractivity contribution in [1.29, 1.82) is 0 Å². The van der Waals surface area contributed by atoms with Crippen LogP contribution in [0, 0.1) is 5.82 Å². The van der Waals surface area contributed by atoms with Crippen molar-refractivity contribution in [2.45, 2.75) is 25.4 Å². The Hall–Kier alpha value is -3.18. The molecule has 1 N–H and O–H groups in total. The standard InChI is InChI=1S/C26H24FN3O/c27-19-5-8-25-22(14-19)23(15-29-25)17-9-12-30(13-10-17)16-20-6-3-18-4-7-24-21(26(18)31-20)2-1-11-28-24/h1-2,4-5,7-9,11,14-15,20,29H,3,6,10,12-13,16H2. The molecule has 1 unspecified atom stereocenters. The molecule has 2 aromatic heterocycles. The van der Waals surface area contributed by atoms with Crippen molar-refractivity contribution < 1.29 is 9.13 Å². The first kappa shape index (κ1) is 18.6. The predicted octanol–water partition coefficient (Wildman–Crippen LogP) is 5.34. The minimum absolute atomic E-state index is 0.190. The molecule has 31 heavy (non-hydrogen) atoms. The highest BCUT2D eigenvalue weighted by Crippen LogP contribution is 2.35. The number of aromatic nitrogens is 2. The topological polar surface area (TPSA) is 41.2 Å². The Morgan fingerprint density at radius 1 is 1.13 bits per heavy atom. The summed E-state index contributed by atoms with van der Waals surface area (Å²) in [6.45, 7) is 2.79. The van der Waals surface area contributed by atoms with Crippen LogP contribution < -0.4 is 4.74 Å². The molecule has 1 atom stereocenters. The molecule has 0 spiro atoms. The van der Waals surface area contributed by atoms with Gasteiger partial charge in [0.1, 0.15) is 17.7 Å². The van der Waals surface area contributed by atoms with Gasteiger partial charge in [0.15, 0.2) is 0 Å². The van der Waals surface area contributed by atoms with Gasteiger partial charge in [-0.05, 0) is 66.8 Å². The number of rotatable bonds is 3. The van der Waals surface area contributed by atoms with Gasteiger partial charge in [0.05, 0.1) is 5.52 Å². The lowest BCUT2D eigenvalue weighted by atomic mass is 9.97. The van der Waals surface area contributed by atoms with Gasteiger partial charge >= 0.3 is 0 Å². The lowest BCUT2D eigenvalue weighted by Crippen LogP contribution is -2.39. The molecule has 0 bridgehead atoms. The normalized spacial score (nSPS) is 19.3. The number of aryl methyl sites for hydroxylation is 1. The van der Waals surface area contributed by atoms with Crippen LogP contribution in [-0.4, -0.2) is 40.6 Å². The maximum Gasteiger partial charge on any atom is 0.132 e. The largest absolute Gasteiger partial charge is 0.488 e.